The Kier molecular flexibility index (Phi) is 5.39. The molecule has 0 aliphatic rings. The second-order valence-electron chi connectivity index (χ2n) is 1.12. The average molecular weight is 139 g/mol. The molecular formula is C4H12O3P+. The number of hydrogen-bond acceptors (Lipinski definition) is 3. The summed E-state index contributed by atoms with van der Waals surface area (Å²) in [5.74, 6) is 0. The van der Waals surface area contributed by atoms with Crippen LogP contribution in [0.2, 0.25) is 0 Å². The molecule has 8 heavy (non-hydrogen) atoms. The molecule has 0 amide bonds. The smallest absolute Gasteiger partial charge is 0.311 e. The molecule has 4 heteroatoms. The van der Waals surface area contributed by atoms with E-state index in [2.05, 4.69) is 9.05 Å². The van der Waals surface area contributed by atoms with Gasteiger partial charge in [0.25, 0.3) is 0 Å². The van der Waals surface area contributed by atoms with E-state index in [4.69, 9.17) is 0 Å². The van der Waals surface area contributed by atoms with Gasteiger partial charge in [-0.3, -0.25) is 4.57 Å². The molecule has 50 valence electrons. The molecule has 0 saturated heterocycles. The average Bonchev–Trinajstić information content (AvgIpc) is 1.68. The first kappa shape index (κ1) is 8.15. The van der Waals surface area contributed by atoms with Crippen LogP contribution in [0.1, 0.15) is 15.3 Å². The predicted octanol–water partition coefficient (Wildman–Crippen LogP) is 1.56. The highest BCUT2D eigenvalue weighted by molar-refractivity contribution is 7.33. The lowest BCUT2D eigenvalue weighted by Crippen LogP contribution is -1.81. The summed E-state index contributed by atoms with van der Waals surface area (Å²) in [7, 11) is -2.14. The van der Waals surface area contributed by atoms with Crippen LogP contribution in [0.25, 0.3) is 0 Å². The second-order valence-corrected chi connectivity index (χ2v) is 2.19. The first-order chi connectivity index (χ1) is 3.81. The van der Waals surface area contributed by atoms with Gasteiger partial charge in [0, 0.05) is 0 Å². The lowest BCUT2D eigenvalue weighted by molar-refractivity contribution is 0.243. The summed E-state index contributed by atoms with van der Waals surface area (Å²) in [5, 5.41) is 0. The van der Waals surface area contributed by atoms with Crippen LogP contribution in [0.15, 0.2) is 0 Å². The highest BCUT2D eigenvalue weighted by Gasteiger charge is 1.91. The van der Waals surface area contributed by atoms with Crippen molar-refractivity contribution in [2.75, 3.05) is 13.2 Å². The summed E-state index contributed by atoms with van der Waals surface area (Å²) < 4.78 is 19.6. The Hall–Kier alpha value is 0.150. The molecule has 0 aromatic heterocycles. The summed E-state index contributed by atoms with van der Waals surface area (Å²) >= 11 is 0. The molecule has 0 unspecified atom stereocenters. The van der Waals surface area contributed by atoms with Crippen LogP contribution in [0.5, 0.6) is 0 Å². The van der Waals surface area contributed by atoms with E-state index in [-0.39, 0.29) is 1.43 Å². The fourth-order valence-corrected chi connectivity index (χ4v) is 0.832. The van der Waals surface area contributed by atoms with Gasteiger partial charge in [0.2, 0.25) is 0 Å². The van der Waals surface area contributed by atoms with Gasteiger partial charge in [-0.2, -0.15) is 0 Å². The van der Waals surface area contributed by atoms with Crippen LogP contribution >= 0.6 is 8.25 Å². The zero-order chi connectivity index (χ0) is 6.41. The van der Waals surface area contributed by atoms with E-state index in [0.717, 1.165) is 0 Å². The van der Waals surface area contributed by atoms with Crippen LogP contribution in [0.4, 0.5) is 0 Å². The summed E-state index contributed by atoms with van der Waals surface area (Å²) in [6.45, 7) is 4.47. The lowest BCUT2D eigenvalue weighted by Gasteiger charge is -1.97. The van der Waals surface area contributed by atoms with Crippen molar-refractivity contribution in [2.45, 2.75) is 13.8 Å². The van der Waals surface area contributed by atoms with Crippen LogP contribution < -0.4 is 0 Å². The van der Waals surface area contributed by atoms with Crippen LogP contribution in [0.3, 0.4) is 0 Å². The first-order valence-electron chi connectivity index (χ1n) is 2.60. The molecule has 0 aromatic carbocycles. The first-order valence-corrected chi connectivity index (χ1v) is 3.83. The van der Waals surface area contributed by atoms with E-state index in [0.29, 0.717) is 13.2 Å². The van der Waals surface area contributed by atoms with Crippen molar-refractivity contribution in [1.29, 1.82) is 0 Å². The van der Waals surface area contributed by atoms with Gasteiger partial charge in [-0.05, 0) is 13.8 Å². The van der Waals surface area contributed by atoms with Crippen molar-refractivity contribution in [3.05, 3.63) is 0 Å². The van der Waals surface area contributed by atoms with Crippen molar-refractivity contribution in [3.63, 3.8) is 0 Å². The Morgan fingerprint density at radius 1 is 1.38 bits per heavy atom. The van der Waals surface area contributed by atoms with E-state index in [1.54, 1.807) is 13.8 Å². The van der Waals surface area contributed by atoms with Crippen molar-refractivity contribution >= 4 is 8.25 Å². The molecule has 0 heterocycles. The van der Waals surface area contributed by atoms with Gasteiger partial charge >= 0.3 is 9.68 Å². The SMILES string of the molecule is CCO[PH](=O)OCC.[H+]. The third kappa shape index (κ3) is 4.31. The van der Waals surface area contributed by atoms with E-state index in [9.17, 15) is 4.57 Å². The molecule has 0 rings (SSSR count). The van der Waals surface area contributed by atoms with E-state index < -0.39 is 8.25 Å². The van der Waals surface area contributed by atoms with E-state index in [1.165, 1.54) is 0 Å². The second kappa shape index (κ2) is 5.29. The maximum absolute atomic E-state index is 10.4. The fraction of sp³-hybridized carbons (Fsp3) is 1.00. The minimum atomic E-state index is -2.14. The molecule has 0 bridgehead atoms. The van der Waals surface area contributed by atoms with Crippen LogP contribution in [-0.4, -0.2) is 13.2 Å². The van der Waals surface area contributed by atoms with Crippen molar-refractivity contribution in [3.8, 4) is 0 Å². The molecule has 0 N–H and O–H groups in total. The van der Waals surface area contributed by atoms with E-state index >= 15 is 0 Å². The third-order valence-corrected chi connectivity index (χ3v) is 1.57. The summed E-state index contributed by atoms with van der Waals surface area (Å²) in [5.41, 5.74) is 0. The molecule has 0 atom stereocenters. The normalized spacial score (nSPS) is 10.4. The highest BCUT2D eigenvalue weighted by atomic mass is 31.1. The van der Waals surface area contributed by atoms with Gasteiger partial charge in [0.05, 0.1) is 13.2 Å². The Morgan fingerprint density at radius 3 is 2.00 bits per heavy atom. The van der Waals surface area contributed by atoms with Gasteiger partial charge in [0.15, 0.2) is 0 Å². The number of rotatable bonds is 4. The Bertz CT molecular complexity index is 70.2. The Balaban J connectivity index is 0. The Morgan fingerprint density at radius 2 is 1.75 bits per heavy atom. The molecular weight excluding hydrogens is 127 g/mol. The van der Waals surface area contributed by atoms with Gasteiger partial charge < -0.3 is 9.05 Å². The van der Waals surface area contributed by atoms with Crippen LogP contribution in [0, 0.1) is 0 Å². The molecule has 3 nitrogen and oxygen atoms in total. The van der Waals surface area contributed by atoms with Crippen LogP contribution in [-0.2, 0) is 13.6 Å². The van der Waals surface area contributed by atoms with E-state index in [1.807, 2.05) is 0 Å². The van der Waals surface area contributed by atoms with Crippen molar-refractivity contribution < 1.29 is 15.0 Å². The van der Waals surface area contributed by atoms with Crippen molar-refractivity contribution in [1.82, 2.24) is 0 Å². The predicted molar refractivity (Wildman–Crippen MR) is 33.4 cm³/mol. The Labute approximate surface area is 51.4 Å². The maximum Gasteiger partial charge on any atom is 1.00 e. The topological polar surface area (TPSA) is 35.5 Å². The maximum atomic E-state index is 10.4. The summed E-state index contributed by atoms with van der Waals surface area (Å²) in [6, 6.07) is 0. The fourth-order valence-electron chi connectivity index (χ4n) is 0.277. The molecule has 0 saturated carbocycles. The van der Waals surface area contributed by atoms with Gasteiger partial charge in [-0.1, -0.05) is 0 Å². The van der Waals surface area contributed by atoms with Gasteiger partial charge in [-0.15, -0.1) is 0 Å². The highest BCUT2D eigenvalue weighted by Crippen LogP contribution is 2.21. The lowest BCUT2D eigenvalue weighted by atomic mass is 10.9. The van der Waals surface area contributed by atoms with Gasteiger partial charge in [0.1, 0.15) is 0 Å². The standard InChI is InChI=1S/C4H11O3P/c1-3-6-8(5)7-4-2/h8H,3-4H2,1-2H3/p+1. The largest absolute Gasteiger partial charge is 1.00 e. The molecule has 0 aliphatic carbocycles. The molecule has 0 radical (unpaired) electrons. The van der Waals surface area contributed by atoms with Crippen molar-refractivity contribution in [2.24, 2.45) is 0 Å². The minimum Gasteiger partial charge on any atom is -0.311 e. The molecule has 0 aliphatic heterocycles. The molecule has 0 fully saturated rings. The summed E-state index contributed by atoms with van der Waals surface area (Å²) in [4.78, 5) is 0. The van der Waals surface area contributed by atoms with Gasteiger partial charge in [-0.25, -0.2) is 0 Å². The molecule has 0 aromatic rings. The summed E-state index contributed by atoms with van der Waals surface area (Å²) in [6.07, 6.45) is 0. The zero-order valence-corrected chi connectivity index (χ0v) is 6.14. The monoisotopic (exact) mass is 139 g/mol. The third-order valence-electron chi connectivity index (χ3n) is 0.524. The molecule has 0 spiro atoms. The minimum absolute atomic E-state index is 0. The number of hydrogen-bond donors (Lipinski definition) is 0. The zero-order valence-electron chi connectivity index (χ0n) is 6.14. The quantitative estimate of drug-likeness (QED) is 0.554.